The van der Waals surface area contributed by atoms with Gasteiger partial charge in [-0.2, -0.15) is 0 Å². The van der Waals surface area contributed by atoms with Crippen LogP contribution in [0.15, 0.2) is 30.3 Å². The number of benzene rings is 1. The molecular weight excluding hydrogens is 184 g/mol. The quantitative estimate of drug-likeness (QED) is 0.711. The van der Waals surface area contributed by atoms with Gasteiger partial charge in [0.15, 0.2) is 0 Å². The second-order valence-electron chi connectivity index (χ2n) is 4.23. The van der Waals surface area contributed by atoms with Gasteiger partial charge in [-0.25, -0.2) is 0 Å². The van der Waals surface area contributed by atoms with Crippen LogP contribution >= 0.6 is 0 Å². The molecule has 0 aromatic heterocycles. The number of nitrogens with one attached hydrogen (secondary N) is 2. The van der Waals surface area contributed by atoms with E-state index in [0.29, 0.717) is 6.04 Å². The van der Waals surface area contributed by atoms with Crippen molar-refractivity contribution in [2.24, 2.45) is 0 Å². The molecule has 0 bridgehead atoms. The monoisotopic (exact) mass is 204 g/mol. The van der Waals surface area contributed by atoms with E-state index in [9.17, 15) is 0 Å². The molecule has 2 nitrogen and oxygen atoms in total. The molecular formula is C13H20N2. The maximum Gasteiger partial charge on any atom is 0.0204 e. The molecule has 1 unspecified atom stereocenters. The van der Waals surface area contributed by atoms with Gasteiger partial charge in [0, 0.05) is 12.6 Å². The van der Waals surface area contributed by atoms with E-state index in [1.54, 1.807) is 0 Å². The topological polar surface area (TPSA) is 24.1 Å². The highest BCUT2D eigenvalue weighted by molar-refractivity contribution is 5.14. The fourth-order valence-corrected chi connectivity index (χ4v) is 2.07. The van der Waals surface area contributed by atoms with Crippen LogP contribution in [0, 0.1) is 0 Å². The molecule has 1 aromatic carbocycles. The van der Waals surface area contributed by atoms with Crippen LogP contribution in [-0.2, 0) is 6.42 Å². The van der Waals surface area contributed by atoms with Gasteiger partial charge in [0.25, 0.3) is 0 Å². The highest BCUT2D eigenvalue weighted by atomic mass is 15.0. The molecule has 1 fully saturated rings. The van der Waals surface area contributed by atoms with Crippen molar-refractivity contribution in [2.45, 2.75) is 25.3 Å². The van der Waals surface area contributed by atoms with Crippen LogP contribution in [0.5, 0.6) is 0 Å². The van der Waals surface area contributed by atoms with Crippen LogP contribution in [0.2, 0.25) is 0 Å². The summed E-state index contributed by atoms with van der Waals surface area (Å²) >= 11 is 0. The summed E-state index contributed by atoms with van der Waals surface area (Å²) in [6.45, 7) is 3.46. The van der Waals surface area contributed by atoms with Gasteiger partial charge in [-0.3, -0.25) is 0 Å². The van der Waals surface area contributed by atoms with Crippen molar-refractivity contribution < 1.29 is 0 Å². The number of hydrogen-bond donors (Lipinski definition) is 2. The second kappa shape index (κ2) is 5.89. The predicted molar refractivity (Wildman–Crippen MR) is 64.0 cm³/mol. The fourth-order valence-electron chi connectivity index (χ4n) is 2.07. The summed E-state index contributed by atoms with van der Waals surface area (Å²) in [5.74, 6) is 0. The lowest BCUT2D eigenvalue weighted by Crippen LogP contribution is -2.31. The Morgan fingerprint density at radius 2 is 2.13 bits per heavy atom. The van der Waals surface area contributed by atoms with Crippen LogP contribution < -0.4 is 10.6 Å². The fraction of sp³-hybridized carbons (Fsp3) is 0.538. The smallest absolute Gasteiger partial charge is 0.0204 e. The van der Waals surface area contributed by atoms with Crippen molar-refractivity contribution in [1.82, 2.24) is 10.6 Å². The Bertz CT molecular complexity index is 265. The highest BCUT2D eigenvalue weighted by Crippen LogP contribution is 2.02. The number of aryl methyl sites for hydroxylation is 1. The second-order valence-corrected chi connectivity index (χ2v) is 4.23. The van der Waals surface area contributed by atoms with Gasteiger partial charge in [-0.1, -0.05) is 30.3 Å². The van der Waals surface area contributed by atoms with E-state index in [-0.39, 0.29) is 0 Å². The summed E-state index contributed by atoms with van der Waals surface area (Å²) in [5, 5.41) is 6.96. The lowest BCUT2D eigenvalue weighted by Gasteiger charge is -2.10. The van der Waals surface area contributed by atoms with Crippen LogP contribution in [0.4, 0.5) is 0 Å². The third kappa shape index (κ3) is 3.65. The first-order valence-corrected chi connectivity index (χ1v) is 5.93. The number of hydrogen-bond acceptors (Lipinski definition) is 2. The minimum absolute atomic E-state index is 0.709. The molecule has 1 aliphatic heterocycles. The van der Waals surface area contributed by atoms with E-state index in [1.807, 2.05) is 0 Å². The molecule has 0 radical (unpaired) electrons. The van der Waals surface area contributed by atoms with E-state index >= 15 is 0 Å². The molecule has 1 atom stereocenters. The first-order chi connectivity index (χ1) is 7.45. The van der Waals surface area contributed by atoms with E-state index in [2.05, 4.69) is 41.0 Å². The summed E-state index contributed by atoms with van der Waals surface area (Å²) in [7, 11) is 0. The number of rotatable bonds is 5. The summed E-state index contributed by atoms with van der Waals surface area (Å²) < 4.78 is 0. The van der Waals surface area contributed by atoms with Gasteiger partial charge < -0.3 is 10.6 Å². The molecule has 15 heavy (non-hydrogen) atoms. The Labute approximate surface area is 92.1 Å². The van der Waals surface area contributed by atoms with Gasteiger partial charge >= 0.3 is 0 Å². The Hall–Kier alpha value is -0.860. The Morgan fingerprint density at radius 1 is 1.27 bits per heavy atom. The lowest BCUT2D eigenvalue weighted by molar-refractivity contribution is 0.535. The molecule has 0 saturated carbocycles. The molecule has 0 aliphatic carbocycles. The van der Waals surface area contributed by atoms with Crippen LogP contribution in [0.25, 0.3) is 0 Å². The zero-order valence-corrected chi connectivity index (χ0v) is 9.21. The van der Waals surface area contributed by atoms with Crippen molar-refractivity contribution in [1.29, 1.82) is 0 Å². The molecule has 82 valence electrons. The average Bonchev–Trinajstić information content (AvgIpc) is 2.79. The van der Waals surface area contributed by atoms with Crippen molar-refractivity contribution in [3.8, 4) is 0 Å². The van der Waals surface area contributed by atoms with E-state index in [1.165, 1.54) is 31.4 Å². The maximum atomic E-state index is 3.59. The maximum absolute atomic E-state index is 3.59. The SMILES string of the molecule is c1ccc(CCCNC2CCNC2)cc1. The minimum atomic E-state index is 0.709. The first kappa shape index (κ1) is 10.7. The summed E-state index contributed by atoms with van der Waals surface area (Å²) in [4.78, 5) is 0. The van der Waals surface area contributed by atoms with Crippen molar-refractivity contribution in [3.05, 3.63) is 35.9 Å². The van der Waals surface area contributed by atoms with Gasteiger partial charge in [0.05, 0.1) is 0 Å². The average molecular weight is 204 g/mol. The van der Waals surface area contributed by atoms with Gasteiger partial charge in [0.1, 0.15) is 0 Å². The summed E-state index contributed by atoms with van der Waals surface area (Å²) in [5.41, 5.74) is 1.45. The summed E-state index contributed by atoms with van der Waals surface area (Å²) in [6, 6.07) is 11.4. The van der Waals surface area contributed by atoms with Crippen molar-refractivity contribution >= 4 is 0 Å². The molecule has 1 heterocycles. The van der Waals surface area contributed by atoms with Gasteiger partial charge in [-0.15, -0.1) is 0 Å². The zero-order valence-electron chi connectivity index (χ0n) is 9.21. The molecule has 0 spiro atoms. The Balaban J connectivity index is 1.59. The molecule has 2 N–H and O–H groups in total. The summed E-state index contributed by atoms with van der Waals surface area (Å²) in [6.07, 6.45) is 3.71. The first-order valence-electron chi connectivity index (χ1n) is 5.93. The molecule has 1 saturated heterocycles. The minimum Gasteiger partial charge on any atom is -0.315 e. The zero-order chi connectivity index (χ0) is 10.3. The highest BCUT2D eigenvalue weighted by Gasteiger charge is 2.12. The third-order valence-electron chi connectivity index (χ3n) is 2.98. The third-order valence-corrected chi connectivity index (χ3v) is 2.98. The Morgan fingerprint density at radius 3 is 2.87 bits per heavy atom. The molecule has 1 aliphatic rings. The van der Waals surface area contributed by atoms with Crippen molar-refractivity contribution in [2.75, 3.05) is 19.6 Å². The van der Waals surface area contributed by atoms with Gasteiger partial charge in [0.2, 0.25) is 0 Å². The van der Waals surface area contributed by atoms with E-state index in [4.69, 9.17) is 0 Å². The molecule has 0 amide bonds. The molecule has 2 rings (SSSR count). The largest absolute Gasteiger partial charge is 0.315 e. The normalized spacial score (nSPS) is 20.7. The van der Waals surface area contributed by atoms with Crippen LogP contribution in [-0.4, -0.2) is 25.7 Å². The molecule has 2 heteroatoms. The van der Waals surface area contributed by atoms with Crippen molar-refractivity contribution in [3.63, 3.8) is 0 Å². The predicted octanol–water partition coefficient (Wildman–Crippen LogP) is 1.57. The lowest BCUT2D eigenvalue weighted by atomic mass is 10.1. The van der Waals surface area contributed by atoms with Gasteiger partial charge in [-0.05, 0) is 37.9 Å². The van der Waals surface area contributed by atoms with Crippen LogP contribution in [0.3, 0.4) is 0 Å². The molecule has 1 aromatic rings. The van der Waals surface area contributed by atoms with E-state index < -0.39 is 0 Å². The Kier molecular flexibility index (Phi) is 4.18. The standard InChI is InChI=1S/C13H20N2/c1-2-5-12(6-3-1)7-4-9-15-13-8-10-14-11-13/h1-3,5-6,13-15H,4,7-11H2. The van der Waals surface area contributed by atoms with Crippen LogP contribution in [0.1, 0.15) is 18.4 Å². The van der Waals surface area contributed by atoms with E-state index in [0.717, 1.165) is 13.1 Å².